The van der Waals surface area contributed by atoms with Crippen LogP contribution in [0.5, 0.6) is 0 Å². The smallest absolute Gasteiger partial charge is 0.325 e. The molecule has 0 aliphatic heterocycles. The third-order valence-corrected chi connectivity index (χ3v) is 3.92. The van der Waals surface area contributed by atoms with Crippen molar-refractivity contribution >= 4 is 11.9 Å². The van der Waals surface area contributed by atoms with E-state index in [4.69, 9.17) is 4.74 Å². The predicted octanol–water partition coefficient (Wildman–Crippen LogP) is 2.42. The van der Waals surface area contributed by atoms with Crippen LogP contribution in [0.4, 0.5) is 0 Å². The zero-order valence-electron chi connectivity index (χ0n) is 11.6. The van der Waals surface area contributed by atoms with E-state index in [1.807, 2.05) is 0 Å². The van der Waals surface area contributed by atoms with Crippen molar-refractivity contribution in [2.24, 2.45) is 5.41 Å². The van der Waals surface area contributed by atoms with Gasteiger partial charge in [-0.25, -0.2) is 0 Å². The lowest BCUT2D eigenvalue weighted by Crippen LogP contribution is -2.42. The number of amides is 1. The van der Waals surface area contributed by atoms with Gasteiger partial charge in [-0.3, -0.25) is 9.59 Å². The first-order chi connectivity index (χ1) is 8.64. The van der Waals surface area contributed by atoms with E-state index < -0.39 is 0 Å². The maximum absolute atomic E-state index is 12.3. The largest absolute Gasteiger partial charge is 0.465 e. The molecule has 1 saturated carbocycles. The third-order valence-electron chi connectivity index (χ3n) is 3.92. The standard InChI is InChI=1S/C14H25NO3/c1-3-14(9-7-5-6-8-10-14)13(17)15-11-12(16)18-4-2/h3-11H2,1-2H3,(H,15,17). The van der Waals surface area contributed by atoms with Crippen LogP contribution in [0, 0.1) is 5.41 Å². The van der Waals surface area contributed by atoms with Gasteiger partial charge >= 0.3 is 5.97 Å². The zero-order valence-corrected chi connectivity index (χ0v) is 11.6. The Kier molecular flexibility index (Phi) is 6.16. The topological polar surface area (TPSA) is 55.4 Å². The highest BCUT2D eigenvalue weighted by atomic mass is 16.5. The molecule has 0 unspecified atom stereocenters. The minimum atomic E-state index is -0.356. The lowest BCUT2D eigenvalue weighted by atomic mass is 9.77. The van der Waals surface area contributed by atoms with Crippen LogP contribution in [0.1, 0.15) is 58.8 Å². The molecule has 0 bridgehead atoms. The second-order valence-electron chi connectivity index (χ2n) is 5.04. The van der Waals surface area contributed by atoms with E-state index in [2.05, 4.69) is 12.2 Å². The normalized spacial score (nSPS) is 18.8. The highest BCUT2D eigenvalue weighted by Crippen LogP contribution is 2.38. The SMILES string of the molecule is CCOC(=O)CNC(=O)C1(CC)CCCCCC1. The fourth-order valence-electron chi connectivity index (χ4n) is 2.70. The van der Waals surface area contributed by atoms with Crippen molar-refractivity contribution in [3.05, 3.63) is 0 Å². The van der Waals surface area contributed by atoms with Gasteiger partial charge in [-0.2, -0.15) is 0 Å². The van der Waals surface area contributed by atoms with Crippen molar-refractivity contribution in [1.82, 2.24) is 5.32 Å². The molecule has 1 N–H and O–H groups in total. The number of nitrogens with one attached hydrogen (secondary N) is 1. The highest BCUT2D eigenvalue weighted by molar-refractivity contribution is 5.86. The molecule has 18 heavy (non-hydrogen) atoms. The van der Waals surface area contributed by atoms with Crippen LogP contribution in [-0.2, 0) is 14.3 Å². The van der Waals surface area contributed by atoms with Gasteiger partial charge in [0.25, 0.3) is 0 Å². The van der Waals surface area contributed by atoms with Crippen molar-refractivity contribution in [2.45, 2.75) is 58.8 Å². The van der Waals surface area contributed by atoms with Crippen LogP contribution < -0.4 is 5.32 Å². The third kappa shape index (κ3) is 4.00. The Labute approximate surface area is 109 Å². The first-order valence-electron chi connectivity index (χ1n) is 7.08. The first kappa shape index (κ1) is 15.0. The van der Waals surface area contributed by atoms with Gasteiger partial charge in [0.1, 0.15) is 6.54 Å². The second kappa shape index (κ2) is 7.39. The van der Waals surface area contributed by atoms with E-state index in [-0.39, 0.29) is 23.8 Å². The van der Waals surface area contributed by atoms with Gasteiger partial charge in [-0.15, -0.1) is 0 Å². The summed E-state index contributed by atoms with van der Waals surface area (Å²) in [5, 5.41) is 2.74. The zero-order chi connectivity index (χ0) is 13.4. The molecule has 0 aromatic heterocycles. The van der Waals surface area contributed by atoms with Crippen LogP contribution in [0.25, 0.3) is 0 Å². The minimum Gasteiger partial charge on any atom is -0.465 e. The molecular weight excluding hydrogens is 230 g/mol. The van der Waals surface area contributed by atoms with Gasteiger partial charge in [0, 0.05) is 5.41 Å². The molecule has 1 amide bonds. The van der Waals surface area contributed by atoms with Gasteiger partial charge in [0.05, 0.1) is 6.61 Å². The quantitative estimate of drug-likeness (QED) is 0.606. The fraction of sp³-hybridized carbons (Fsp3) is 0.857. The molecule has 1 aliphatic carbocycles. The van der Waals surface area contributed by atoms with E-state index in [0.717, 1.165) is 32.1 Å². The summed E-state index contributed by atoms with van der Waals surface area (Å²) in [6, 6.07) is 0. The Morgan fingerprint density at radius 2 is 1.72 bits per heavy atom. The maximum Gasteiger partial charge on any atom is 0.325 e. The number of rotatable bonds is 5. The molecule has 1 rings (SSSR count). The van der Waals surface area contributed by atoms with Gasteiger partial charge in [-0.05, 0) is 26.2 Å². The monoisotopic (exact) mass is 255 g/mol. The number of carbonyl (C=O) groups is 2. The first-order valence-corrected chi connectivity index (χ1v) is 7.08. The summed E-state index contributed by atoms with van der Waals surface area (Å²) in [5.74, 6) is -0.328. The van der Waals surface area contributed by atoms with Crippen LogP contribution in [0.3, 0.4) is 0 Å². The Morgan fingerprint density at radius 3 is 2.22 bits per heavy atom. The van der Waals surface area contributed by atoms with Crippen molar-refractivity contribution in [1.29, 1.82) is 0 Å². The predicted molar refractivity (Wildman–Crippen MR) is 70.1 cm³/mol. The molecule has 4 nitrogen and oxygen atoms in total. The molecule has 1 fully saturated rings. The molecule has 0 aromatic rings. The van der Waals surface area contributed by atoms with Crippen LogP contribution >= 0.6 is 0 Å². The van der Waals surface area contributed by atoms with Crippen molar-refractivity contribution in [3.8, 4) is 0 Å². The molecule has 0 heterocycles. The molecular formula is C14H25NO3. The molecule has 0 radical (unpaired) electrons. The van der Waals surface area contributed by atoms with Crippen molar-refractivity contribution in [3.63, 3.8) is 0 Å². The average molecular weight is 255 g/mol. The summed E-state index contributed by atoms with van der Waals surface area (Å²) in [5.41, 5.74) is -0.261. The highest BCUT2D eigenvalue weighted by Gasteiger charge is 2.36. The van der Waals surface area contributed by atoms with Gasteiger partial charge in [-0.1, -0.05) is 32.6 Å². The minimum absolute atomic E-state index is 0.00553. The summed E-state index contributed by atoms with van der Waals surface area (Å²) in [7, 11) is 0. The van der Waals surface area contributed by atoms with E-state index in [1.54, 1.807) is 6.92 Å². The number of hydrogen-bond acceptors (Lipinski definition) is 3. The second-order valence-corrected chi connectivity index (χ2v) is 5.04. The Bertz CT molecular complexity index is 281. The molecule has 0 aromatic carbocycles. The summed E-state index contributed by atoms with van der Waals surface area (Å²) in [6.45, 7) is 4.18. The van der Waals surface area contributed by atoms with Gasteiger partial charge < -0.3 is 10.1 Å². The van der Waals surface area contributed by atoms with Crippen molar-refractivity contribution < 1.29 is 14.3 Å². The van der Waals surface area contributed by atoms with Gasteiger partial charge in [0.2, 0.25) is 5.91 Å². The number of ether oxygens (including phenoxy) is 1. The van der Waals surface area contributed by atoms with Gasteiger partial charge in [0.15, 0.2) is 0 Å². The lowest BCUT2D eigenvalue weighted by Gasteiger charge is -2.29. The van der Waals surface area contributed by atoms with E-state index >= 15 is 0 Å². The molecule has 4 heteroatoms. The van der Waals surface area contributed by atoms with Crippen LogP contribution in [0.2, 0.25) is 0 Å². The van der Waals surface area contributed by atoms with Crippen LogP contribution in [0.15, 0.2) is 0 Å². The molecule has 1 aliphatic rings. The van der Waals surface area contributed by atoms with Crippen LogP contribution in [-0.4, -0.2) is 25.0 Å². The molecule has 104 valence electrons. The van der Waals surface area contributed by atoms with E-state index in [9.17, 15) is 9.59 Å². The number of hydrogen-bond donors (Lipinski definition) is 1. The molecule has 0 atom stereocenters. The number of carbonyl (C=O) groups excluding carboxylic acids is 2. The van der Waals surface area contributed by atoms with E-state index in [0.29, 0.717) is 6.61 Å². The summed E-state index contributed by atoms with van der Waals surface area (Å²) in [6.07, 6.45) is 7.39. The molecule has 0 saturated heterocycles. The molecule has 0 spiro atoms. The van der Waals surface area contributed by atoms with E-state index in [1.165, 1.54) is 12.8 Å². The summed E-state index contributed by atoms with van der Waals surface area (Å²) in [4.78, 5) is 23.5. The number of esters is 1. The summed E-state index contributed by atoms with van der Waals surface area (Å²) >= 11 is 0. The average Bonchev–Trinajstić information content (AvgIpc) is 2.62. The van der Waals surface area contributed by atoms with Crippen molar-refractivity contribution in [2.75, 3.05) is 13.2 Å². The fourth-order valence-corrected chi connectivity index (χ4v) is 2.70. The maximum atomic E-state index is 12.3. The Hall–Kier alpha value is -1.06. The lowest BCUT2D eigenvalue weighted by molar-refractivity contribution is -0.145. The summed E-state index contributed by atoms with van der Waals surface area (Å²) < 4.78 is 4.82. The Balaban J connectivity index is 2.52. The Morgan fingerprint density at radius 1 is 1.11 bits per heavy atom.